The van der Waals surface area contributed by atoms with Gasteiger partial charge in [-0.25, -0.2) is 8.78 Å². The quantitative estimate of drug-likeness (QED) is 0.808. The smallest absolute Gasteiger partial charge is 0.183 e. The fourth-order valence-electron chi connectivity index (χ4n) is 2.49. The third-order valence-corrected chi connectivity index (χ3v) is 3.52. The molecule has 1 saturated heterocycles. The van der Waals surface area contributed by atoms with Gasteiger partial charge in [-0.2, -0.15) is 0 Å². The molecule has 0 saturated carbocycles. The summed E-state index contributed by atoms with van der Waals surface area (Å²) < 4.78 is 26.7. The maximum absolute atomic E-state index is 13.6. The number of anilines is 2. The molecule has 0 amide bonds. The van der Waals surface area contributed by atoms with Crippen LogP contribution in [0.5, 0.6) is 0 Å². The van der Waals surface area contributed by atoms with E-state index in [0.29, 0.717) is 12.5 Å². The van der Waals surface area contributed by atoms with E-state index in [0.717, 1.165) is 25.7 Å². The molecule has 0 aromatic heterocycles. The number of rotatable bonds is 5. The van der Waals surface area contributed by atoms with Crippen molar-refractivity contribution in [3.8, 4) is 0 Å². The zero-order chi connectivity index (χ0) is 13.8. The van der Waals surface area contributed by atoms with Gasteiger partial charge in [-0.3, -0.25) is 0 Å². The Morgan fingerprint density at radius 2 is 2.00 bits per heavy atom. The molecule has 1 unspecified atom stereocenters. The van der Waals surface area contributed by atoms with Crippen LogP contribution >= 0.6 is 0 Å². The molecular weight excluding hydrogens is 248 g/mol. The molecule has 1 aromatic rings. The highest BCUT2D eigenvalue weighted by atomic mass is 19.2. The van der Waals surface area contributed by atoms with Gasteiger partial charge in [0.15, 0.2) is 11.6 Å². The number of nitrogens with two attached hydrogens (primary N) is 1. The van der Waals surface area contributed by atoms with Gasteiger partial charge in [0.1, 0.15) is 0 Å². The van der Waals surface area contributed by atoms with Crippen LogP contribution in [0.4, 0.5) is 20.2 Å². The number of hydrogen-bond donors (Lipinski definition) is 2. The summed E-state index contributed by atoms with van der Waals surface area (Å²) in [6.07, 6.45) is 2.51. The molecule has 1 atom stereocenters. The summed E-state index contributed by atoms with van der Waals surface area (Å²) in [4.78, 5) is 2.40. The third-order valence-electron chi connectivity index (χ3n) is 3.52. The predicted molar refractivity (Wildman–Crippen MR) is 74.1 cm³/mol. The number of halogens is 2. The van der Waals surface area contributed by atoms with Crippen molar-refractivity contribution < 1.29 is 8.78 Å². The van der Waals surface area contributed by atoms with Crippen molar-refractivity contribution in [1.29, 1.82) is 0 Å². The Morgan fingerprint density at radius 1 is 1.32 bits per heavy atom. The van der Waals surface area contributed by atoms with Crippen LogP contribution in [0.1, 0.15) is 19.8 Å². The Bertz CT molecular complexity index is 431. The van der Waals surface area contributed by atoms with Crippen molar-refractivity contribution >= 4 is 11.4 Å². The van der Waals surface area contributed by atoms with Crippen LogP contribution in [0.2, 0.25) is 0 Å². The summed E-state index contributed by atoms with van der Waals surface area (Å²) >= 11 is 0. The minimum absolute atomic E-state index is 0.0771. The molecule has 106 valence electrons. The first-order chi connectivity index (χ1) is 9.08. The molecule has 1 aliphatic heterocycles. The van der Waals surface area contributed by atoms with Crippen LogP contribution in [-0.4, -0.2) is 31.1 Å². The summed E-state index contributed by atoms with van der Waals surface area (Å²) in [5.41, 5.74) is 5.98. The predicted octanol–water partition coefficient (Wildman–Crippen LogP) is 2.69. The second-order valence-electron chi connectivity index (χ2n) is 5.32. The number of nitrogens with zero attached hydrogens (tertiary/aromatic N) is 1. The summed E-state index contributed by atoms with van der Waals surface area (Å²) in [6, 6.07) is 2.43. The minimum atomic E-state index is -0.895. The summed E-state index contributed by atoms with van der Waals surface area (Å²) in [5, 5.41) is 2.93. The van der Waals surface area contributed by atoms with Crippen LogP contribution in [0, 0.1) is 17.6 Å². The molecule has 1 fully saturated rings. The summed E-state index contributed by atoms with van der Waals surface area (Å²) in [7, 11) is 0. The fourth-order valence-corrected chi connectivity index (χ4v) is 2.49. The molecule has 5 heteroatoms. The van der Waals surface area contributed by atoms with Gasteiger partial charge in [0.05, 0.1) is 11.4 Å². The van der Waals surface area contributed by atoms with Crippen molar-refractivity contribution in [2.45, 2.75) is 19.8 Å². The second-order valence-corrected chi connectivity index (χ2v) is 5.32. The van der Waals surface area contributed by atoms with Crippen LogP contribution in [-0.2, 0) is 0 Å². The van der Waals surface area contributed by atoms with Gasteiger partial charge in [0.2, 0.25) is 0 Å². The van der Waals surface area contributed by atoms with E-state index in [1.807, 2.05) is 0 Å². The zero-order valence-electron chi connectivity index (χ0n) is 11.3. The van der Waals surface area contributed by atoms with E-state index < -0.39 is 11.6 Å². The Labute approximate surface area is 112 Å². The average Bonchev–Trinajstić information content (AvgIpc) is 2.87. The van der Waals surface area contributed by atoms with E-state index in [9.17, 15) is 8.78 Å². The molecule has 1 aromatic carbocycles. The molecule has 0 spiro atoms. The minimum Gasteiger partial charge on any atom is -0.397 e. The maximum Gasteiger partial charge on any atom is 0.183 e. The number of nitrogens with one attached hydrogen (secondary N) is 1. The second kappa shape index (κ2) is 6.19. The number of nitrogen functional groups attached to an aromatic ring is 1. The highest BCUT2D eigenvalue weighted by Crippen LogP contribution is 2.24. The zero-order valence-corrected chi connectivity index (χ0v) is 11.3. The van der Waals surface area contributed by atoms with Gasteiger partial charge < -0.3 is 16.0 Å². The molecule has 0 radical (unpaired) electrons. The van der Waals surface area contributed by atoms with E-state index in [4.69, 9.17) is 5.73 Å². The lowest BCUT2D eigenvalue weighted by Crippen LogP contribution is -2.29. The monoisotopic (exact) mass is 269 g/mol. The highest BCUT2D eigenvalue weighted by Gasteiger charge is 2.16. The largest absolute Gasteiger partial charge is 0.397 e. The van der Waals surface area contributed by atoms with Crippen LogP contribution in [0.3, 0.4) is 0 Å². The van der Waals surface area contributed by atoms with Gasteiger partial charge in [0, 0.05) is 13.1 Å². The SMILES string of the molecule is CC(CNc1c(N)ccc(F)c1F)CN1CCCC1. The first kappa shape index (κ1) is 14.1. The molecule has 19 heavy (non-hydrogen) atoms. The standard InChI is InChI=1S/C14H21F2N3/c1-10(9-19-6-2-3-7-19)8-18-14-12(17)5-4-11(15)13(14)16/h4-5,10,18H,2-3,6-9,17H2,1H3. The first-order valence-electron chi connectivity index (χ1n) is 6.77. The van der Waals surface area contributed by atoms with Crippen molar-refractivity contribution in [3.63, 3.8) is 0 Å². The Hall–Kier alpha value is -1.36. The van der Waals surface area contributed by atoms with Crippen LogP contribution in [0.15, 0.2) is 12.1 Å². The molecule has 1 heterocycles. The Morgan fingerprint density at radius 3 is 2.68 bits per heavy atom. The van der Waals surface area contributed by atoms with E-state index in [-0.39, 0.29) is 11.4 Å². The van der Waals surface area contributed by atoms with Crippen LogP contribution < -0.4 is 11.1 Å². The third kappa shape index (κ3) is 3.56. The Balaban J connectivity index is 1.89. The van der Waals surface area contributed by atoms with Gasteiger partial charge >= 0.3 is 0 Å². The van der Waals surface area contributed by atoms with E-state index in [1.54, 1.807) is 0 Å². The topological polar surface area (TPSA) is 41.3 Å². The van der Waals surface area contributed by atoms with E-state index >= 15 is 0 Å². The molecule has 1 aliphatic rings. The number of hydrogen-bond acceptors (Lipinski definition) is 3. The van der Waals surface area contributed by atoms with E-state index in [2.05, 4.69) is 17.1 Å². The molecule has 0 bridgehead atoms. The number of benzene rings is 1. The van der Waals surface area contributed by atoms with Gasteiger partial charge in [-0.1, -0.05) is 6.92 Å². The van der Waals surface area contributed by atoms with Crippen molar-refractivity contribution in [2.24, 2.45) is 5.92 Å². The lowest BCUT2D eigenvalue weighted by molar-refractivity contribution is 0.294. The van der Waals surface area contributed by atoms with Crippen molar-refractivity contribution in [2.75, 3.05) is 37.2 Å². The summed E-state index contributed by atoms with van der Waals surface area (Å²) in [5.74, 6) is -1.41. The number of likely N-dealkylation sites (tertiary alicyclic amines) is 1. The van der Waals surface area contributed by atoms with Gasteiger partial charge in [-0.05, 0) is 44.0 Å². The van der Waals surface area contributed by atoms with E-state index in [1.165, 1.54) is 18.9 Å². The lowest BCUT2D eigenvalue weighted by atomic mass is 10.1. The molecule has 3 N–H and O–H groups in total. The normalized spacial score (nSPS) is 17.6. The van der Waals surface area contributed by atoms with Crippen molar-refractivity contribution in [3.05, 3.63) is 23.8 Å². The highest BCUT2D eigenvalue weighted by molar-refractivity contribution is 5.66. The summed E-state index contributed by atoms with van der Waals surface area (Å²) in [6.45, 7) is 5.94. The molecule has 3 nitrogen and oxygen atoms in total. The van der Waals surface area contributed by atoms with Gasteiger partial charge in [0.25, 0.3) is 0 Å². The molecule has 0 aliphatic carbocycles. The maximum atomic E-state index is 13.6. The lowest BCUT2D eigenvalue weighted by Gasteiger charge is -2.21. The fraction of sp³-hybridized carbons (Fsp3) is 0.571. The molecular formula is C14H21F2N3. The van der Waals surface area contributed by atoms with Gasteiger partial charge in [-0.15, -0.1) is 0 Å². The molecule has 2 rings (SSSR count). The average molecular weight is 269 g/mol. The Kier molecular flexibility index (Phi) is 4.58. The van der Waals surface area contributed by atoms with Crippen molar-refractivity contribution in [1.82, 2.24) is 4.90 Å². The first-order valence-corrected chi connectivity index (χ1v) is 6.77. The van der Waals surface area contributed by atoms with Crippen LogP contribution in [0.25, 0.3) is 0 Å².